The molecule has 1 aliphatic rings. The number of nitrogens with zero attached hydrogens (tertiary/aromatic N) is 2. The van der Waals surface area contributed by atoms with Gasteiger partial charge in [-0.2, -0.15) is 0 Å². The van der Waals surface area contributed by atoms with E-state index < -0.39 is 23.4 Å². The molecule has 32 heavy (non-hydrogen) atoms. The van der Waals surface area contributed by atoms with E-state index in [1.807, 2.05) is 13.0 Å². The van der Waals surface area contributed by atoms with Gasteiger partial charge in [-0.05, 0) is 78.2 Å². The van der Waals surface area contributed by atoms with Crippen molar-refractivity contribution < 1.29 is 23.5 Å². The molecule has 0 fully saturated rings. The Hall–Kier alpha value is -3.10. The minimum atomic E-state index is -0.835. The maximum atomic E-state index is 14.4. The number of hydrogen-bond donors (Lipinski definition) is 2. The van der Waals surface area contributed by atoms with Gasteiger partial charge in [0.25, 0.3) is 0 Å². The number of nitrogen functional groups attached to an aromatic ring is 1. The maximum Gasteiger partial charge on any atom is 0.437 e. The van der Waals surface area contributed by atoms with Crippen molar-refractivity contribution in [1.29, 1.82) is 0 Å². The highest BCUT2D eigenvalue weighted by Gasteiger charge is 2.25. The van der Waals surface area contributed by atoms with Gasteiger partial charge in [0.1, 0.15) is 17.0 Å². The van der Waals surface area contributed by atoms with Gasteiger partial charge in [-0.25, -0.2) is 14.0 Å². The SMILES string of the molecule is Cc1cc(C2=CCN(/C(=N\C(=O)OC(C)(C)C)NC(=O)OC(C)(C)C)CC2)c(F)cc1N. The Morgan fingerprint density at radius 1 is 1.12 bits per heavy atom. The number of guanidine groups is 1. The normalized spacial score (nSPS) is 15.2. The van der Waals surface area contributed by atoms with E-state index in [0.29, 0.717) is 30.8 Å². The fourth-order valence-corrected chi connectivity index (χ4v) is 2.99. The predicted octanol–water partition coefficient (Wildman–Crippen LogP) is 4.62. The van der Waals surface area contributed by atoms with Gasteiger partial charge in [0, 0.05) is 24.3 Å². The van der Waals surface area contributed by atoms with Gasteiger partial charge in [0.05, 0.1) is 0 Å². The fourth-order valence-electron chi connectivity index (χ4n) is 2.99. The topological polar surface area (TPSA) is 106 Å². The molecule has 0 spiro atoms. The van der Waals surface area contributed by atoms with Crippen molar-refractivity contribution in [2.24, 2.45) is 4.99 Å². The third-order valence-electron chi connectivity index (χ3n) is 4.41. The Labute approximate surface area is 188 Å². The molecule has 9 heteroatoms. The quantitative estimate of drug-likeness (QED) is 0.369. The van der Waals surface area contributed by atoms with E-state index in [1.54, 1.807) is 52.5 Å². The van der Waals surface area contributed by atoms with Crippen molar-refractivity contribution in [2.45, 2.75) is 66.1 Å². The molecule has 1 heterocycles. The van der Waals surface area contributed by atoms with Crippen LogP contribution < -0.4 is 11.1 Å². The standard InChI is InChI=1S/C23H33FN4O4/c1-14-12-16(17(24)13-18(14)25)15-8-10-28(11-9-15)19(26-20(29)31-22(2,3)4)27-21(30)32-23(5,6)7/h8,12-13H,9-11,25H2,1-7H3,(H,26,27,29,30). The van der Waals surface area contributed by atoms with E-state index >= 15 is 0 Å². The number of nitrogens with one attached hydrogen (secondary N) is 1. The highest BCUT2D eigenvalue weighted by molar-refractivity contribution is 5.99. The summed E-state index contributed by atoms with van der Waals surface area (Å²) in [5.41, 5.74) is 6.82. The number of rotatable bonds is 1. The lowest BCUT2D eigenvalue weighted by Crippen LogP contribution is -2.48. The first-order chi connectivity index (χ1) is 14.6. The van der Waals surface area contributed by atoms with Gasteiger partial charge in [0.15, 0.2) is 0 Å². The molecule has 1 aromatic carbocycles. The summed E-state index contributed by atoms with van der Waals surface area (Å²) in [5, 5.41) is 2.54. The second-order valence-electron chi connectivity index (χ2n) is 9.66. The van der Waals surface area contributed by atoms with Gasteiger partial charge < -0.3 is 20.1 Å². The minimum Gasteiger partial charge on any atom is -0.444 e. The Kier molecular flexibility index (Phi) is 7.54. The lowest BCUT2D eigenvalue weighted by molar-refractivity contribution is 0.0555. The number of hydrogen-bond acceptors (Lipinski definition) is 5. The van der Waals surface area contributed by atoms with E-state index in [-0.39, 0.29) is 11.8 Å². The minimum absolute atomic E-state index is 0.0118. The lowest BCUT2D eigenvalue weighted by Gasteiger charge is -2.30. The number of carbonyl (C=O) groups is 2. The molecule has 2 rings (SSSR count). The van der Waals surface area contributed by atoms with Crippen LogP contribution in [0.5, 0.6) is 0 Å². The average molecular weight is 449 g/mol. The van der Waals surface area contributed by atoms with Crippen LogP contribution in [0.3, 0.4) is 0 Å². The molecule has 0 radical (unpaired) electrons. The number of carbonyl (C=O) groups excluding carboxylic acids is 2. The molecule has 0 bridgehead atoms. The number of alkyl carbamates (subject to hydrolysis) is 1. The third-order valence-corrected chi connectivity index (χ3v) is 4.41. The maximum absolute atomic E-state index is 14.4. The Morgan fingerprint density at radius 2 is 1.75 bits per heavy atom. The summed E-state index contributed by atoms with van der Waals surface area (Å²) in [6, 6.07) is 3.04. The van der Waals surface area contributed by atoms with Gasteiger partial charge in [-0.1, -0.05) is 6.08 Å². The van der Waals surface area contributed by atoms with Crippen molar-refractivity contribution in [3.63, 3.8) is 0 Å². The van der Waals surface area contributed by atoms with Crippen LogP contribution in [0.25, 0.3) is 5.57 Å². The zero-order valence-electron chi connectivity index (χ0n) is 19.8. The highest BCUT2D eigenvalue weighted by Crippen LogP contribution is 2.28. The lowest BCUT2D eigenvalue weighted by atomic mass is 9.97. The van der Waals surface area contributed by atoms with Crippen molar-refractivity contribution in [2.75, 3.05) is 18.8 Å². The van der Waals surface area contributed by atoms with Crippen LogP contribution in [-0.4, -0.2) is 47.3 Å². The number of halogens is 1. The molecule has 0 saturated heterocycles. The number of nitrogens with two attached hydrogens (primary N) is 1. The van der Waals surface area contributed by atoms with E-state index in [2.05, 4.69) is 10.3 Å². The smallest absolute Gasteiger partial charge is 0.437 e. The zero-order chi connectivity index (χ0) is 24.3. The van der Waals surface area contributed by atoms with Crippen LogP contribution in [0.15, 0.2) is 23.2 Å². The van der Waals surface area contributed by atoms with Gasteiger partial charge >= 0.3 is 12.2 Å². The molecule has 0 aromatic heterocycles. The summed E-state index contributed by atoms with van der Waals surface area (Å²) < 4.78 is 25.0. The summed E-state index contributed by atoms with van der Waals surface area (Å²) >= 11 is 0. The molecule has 0 atom stereocenters. The van der Waals surface area contributed by atoms with Crippen molar-refractivity contribution in [3.8, 4) is 0 Å². The zero-order valence-corrected chi connectivity index (χ0v) is 19.8. The number of benzene rings is 1. The first kappa shape index (κ1) is 25.2. The van der Waals surface area contributed by atoms with Crippen molar-refractivity contribution in [1.82, 2.24) is 10.2 Å². The average Bonchev–Trinajstić information content (AvgIpc) is 2.61. The number of amides is 2. The molecule has 2 amide bonds. The molecule has 0 saturated carbocycles. The van der Waals surface area contributed by atoms with Crippen molar-refractivity contribution in [3.05, 3.63) is 35.2 Å². The second kappa shape index (κ2) is 9.58. The third kappa shape index (κ3) is 7.55. The van der Waals surface area contributed by atoms with Crippen LogP contribution in [0, 0.1) is 12.7 Å². The predicted molar refractivity (Wildman–Crippen MR) is 123 cm³/mol. The molecule has 176 valence electrons. The molecule has 1 aromatic rings. The van der Waals surface area contributed by atoms with E-state index in [9.17, 15) is 14.0 Å². The fraction of sp³-hybridized carbons (Fsp3) is 0.522. The van der Waals surface area contributed by atoms with E-state index in [1.165, 1.54) is 6.07 Å². The molecular weight excluding hydrogens is 415 g/mol. The largest absolute Gasteiger partial charge is 0.444 e. The van der Waals surface area contributed by atoms with Crippen LogP contribution in [-0.2, 0) is 9.47 Å². The van der Waals surface area contributed by atoms with E-state index in [4.69, 9.17) is 15.2 Å². The van der Waals surface area contributed by atoms with Crippen LogP contribution in [0.2, 0.25) is 0 Å². The second-order valence-corrected chi connectivity index (χ2v) is 9.66. The molecule has 8 nitrogen and oxygen atoms in total. The first-order valence-electron chi connectivity index (χ1n) is 10.5. The number of aliphatic imine (C=N–C) groups is 1. The van der Waals surface area contributed by atoms with Crippen LogP contribution >= 0.6 is 0 Å². The summed E-state index contributed by atoms with van der Waals surface area (Å²) in [6.45, 7) is 12.9. The van der Waals surface area contributed by atoms with Gasteiger partial charge in [0.2, 0.25) is 5.96 Å². The Balaban J connectivity index is 2.26. The number of ether oxygens (including phenoxy) is 2. The van der Waals surface area contributed by atoms with Crippen LogP contribution in [0.1, 0.15) is 59.1 Å². The molecule has 1 aliphatic heterocycles. The Morgan fingerprint density at radius 3 is 2.28 bits per heavy atom. The number of anilines is 1. The molecule has 3 N–H and O–H groups in total. The van der Waals surface area contributed by atoms with Gasteiger partial charge in [-0.15, -0.1) is 4.99 Å². The monoisotopic (exact) mass is 448 g/mol. The van der Waals surface area contributed by atoms with Gasteiger partial charge in [-0.3, -0.25) is 5.32 Å². The molecule has 0 unspecified atom stereocenters. The van der Waals surface area contributed by atoms with E-state index in [0.717, 1.165) is 11.1 Å². The highest BCUT2D eigenvalue weighted by atomic mass is 19.1. The summed E-state index contributed by atoms with van der Waals surface area (Å²) in [5.74, 6) is -0.375. The van der Waals surface area contributed by atoms with Crippen molar-refractivity contribution >= 4 is 29.4 Å². The summed E-state index contributed by atoms with van der Waals surface area (Å²) in [4.78, 5) is 30.2. The van der Waals surface area contributed by atoms with Crippen LogP contribution in [0.4, 0.5) is 19.7 Å². The Bertz CT molecular complexity index is 943. The number of aryl methyl sites for hydroxylation is 1. The molecular formula is C23H33FN4O4. The summed E-state index contributed by atoms with van der Waals surface area (Å²) in [7, 11) is 0. The first-order valence-corrected chi connectivity index (χ1v) is 10.5. The molecule has 0 aliphatic carbocycles. The summed E-state index contributed by atoms with van der Waals surface area (Å²) in [6.07, 6.45) is 0.732.